The molecule has 2 heterocycles. The van der Waals surface area contributed by atoms with E-state index in [-0.39, 0.29) is 5.97 Å². The summed E-state index contributed by atoms with van der Waals surface area (Å²) in [5.74, 6) is 0.0115. The van der Waals surface area contributed by atoms with E-state index in [1.165, 1.54) is 0 Å². The van der Waals surface area contributed by atoms with Gasteiger partial charge in [0.15, 0.2) is 0 Å². The van der Waals surface area contributed by atoms with Crippen molar-refractivity contribution in [2.24, 2.45) is 5.73 Å². The molecule has 1 amide bonds. The molecule has 7 nitrogen and oxygen atoms in total. The number of primary amides is 1. The molecule has 2 N–H and O–H groups in total. The molecule has 1 aliphatic rings. The van der Waals surface area contributed by atoms with Crippen molar-refractivity contribution >= 4 is 22.8 Å². The van der Waals surface area contributed by atoms with Gasteiger partial charge in [-0.15, -0.1) is 0 Å². The molecule has 174 valence electrons. The average molecular weight is 450 g/mol. The first-order valence-electron chi connectivity index (χ1n) is 11.5. The Balaban J connectivity index is 1.42. The van der Waals surface area contributed by atoms with Crippen molar-refractivity contribution in [2.75, 3.05) is 33.4 Å². The van der Waals surface area contributed by atoms with Gasteiger partial charge in [-0.1, -0.05) is 12.1 Å². The van der Waals surface area contributed by atoms with E-state index in [4.69, 9.17) is 15.2 Å². The number of hydrogen-bond acceptors (Lipinski definition) is 5. The van der Waals surface area contributed by atoms with Crippen molar-refractivity contribution in [3.05, 3.63) is 65.4 Å². The van der Waals surface area contributed by atoms with Crippen molar-refractivity contribution in [1.82, 2.24) is 9.47 Å². The number of aromatic nitrogens is 1. The number of carbonyl (C=O) groups excluding carboxylic acids is 2. The lowest BCUT2D eigenvalue weighted by Gasteiger charge is -2.33. The Morgan fingerprint density at radius 3 is 2.61 bits per heavy atom. The fourth-order valence-corrected chi connectivity index (χ4v) is 4.73. The number of likely N-dealkylation sites (tertiary alicyclic amines) is 1. The van der Waals surface area contributed by atoms with E-state index >= 15 is 0 Å². The number of methoxy groups -OCH3 is 1. The summed E-state index contributed by atoms with van der Waals surface area (Å²) >= 11 is 0. The smallest absolute Gasteiger partial charge is 0.338 e. The topological polar surface area (TPSA) is 86.8 Å². The fraction of sp³-hybridized carbons (Fsp3) is 0.385. The predicted molar refractivity (Wildman–Crippen MR) is 128 cm³/mol. The first-order chi connectivity index (χ1) is 16.0. The van der Waals surface area contributed by atoms with Gasteiger partial charge in [0, 0.05) is 48.5 Å². The zero-order chi connectivity index (χ0) is 23.4. The van der Waals surface area contributed by atoms with Crippen molar-refractivity contribution in [3.63, 3.8) is 0 Å². The average Bonchev–Trinajstić information content (AvgIpc) is 3.26. The van der Waals surface area contributed by atoms with Gasteiger partial charge in [-0.2, -0.15) is 0 Å². The molecule has 0 unspecified atom stereocenters. The molecular formula is C26H31N3O4. The molecule has 0 bridgehead atoms. The number of carbonyl (C=O) groups is 2. The normalized spacial score (nSPS) is 15.0. The van der Waals surface area contributed by atoms with E-state index in [9.17, 15) is 9.59 Å². The number of rotatable bonds is 8. The molecule has 1 fully saturated rings. The minimum atomic E-state index is -0.405. The van der Waals surface area contributed by atoms with Crippen molar-refractivity contribution < 1.29 is 19.1 Å². The Hall–Kier alpha value is -3.32. The first-order valence-corrected chi connectivity index (χ1v) is 11.5. The van der Waals surface area contributed by atoms with Crippen LogP contribution in [0, 0.1) is 0 Å². The monoisotopic (exact) mass is 449 g/mol. The summed E-state index contributed by atoms with van der Waals surface area (Å²) in [6, 6.07) is 13.6. The highest BCUT2D eigenvalue weighted by Gasteiger charge is 2.23. The van der Waals surface area contributed by atoms with Gasteiger partial charge in [-0.3, -0.25) is 4.79 Å². The number of nitrogens with two attached hydrogens (primary N) is 1. The second-order valence-corrected chi connectivity index (χ2v) is 8.39. The quantitative estimate of drug-likeness (QED) is 0.529. The van der Waals surface area contributed by atoms with Gasteiger partial charge in [0.1, 0.15) is 5.75 Å². The van der Waals surface area contributed by atoms with E-state index in [1.807, 2.05) is 31.2 Å². The lowest BCUT2D eigenvalue weighted by molar-refractivity contribution is 0.0524. The van der Waals surface area contributed by atoms with Gasteiger partial charge >= 0.3 is 5.97 Å². The SMILES string of the molecule is CCOC(=O)c1cccc(OC)c1CCN1CCC(n2ccc3ccc(C(N)=O)cc32)CC1. The van der Waals surface area contributed by atoms with Crippen LogP contribution in [0.15, 0.2) is 48.7 Å². The number of fused-ring (bicyclic) bond motifs is 1. The Morgan fingerprint density at radius 2 is 1.91 bits per heavy atom. The third-order valence-electron chi connectivity index (χ3n) is 6.48. The van der Waals surface area contributed by atoms with Crippen LogP contribution in [-0.4, -0.2) is 54.7 Å². The molecule has 0 spiro atoms. The van der Waals surface area contributed by atoms with Crippen molar-refractivity contribution in [1.29, 1.82) is 0 Å². The van der Waals surface area contributed by atoms with Crippen molar-refractivity contribution in [2.45, 2.75) is 32.2 Å². The zero-order valence-electron chi connectivity index (χ0n) is 19.3. The van der Waals surface area contributed by atoms with E-state index in [0.29, 0.717) is 23.8 Å². The number of benzene rings is 2. The van der Waals surface area contributed by atoms with Crippen LogP contribution >= 0.6 is 0 Å². The summed E-state index contributed by atoms with van der Waals surface area (Å²) in [5.41, 5.74) is 8.54. The number of esters is 1. The van der Waals surface area contributed by atoms with Gasteiger partial charge < -0.3 is 24.7 Å². The first kappa shape index (κ1) is 22.9. The summed E-state index contributed by atoms with van der Waals surface area (Å²) in [6.07, 6.45) is 4.86. The molecule has 1 aliphatic heterocycles. The summed E-state index contributed by atoms with van der Waals surface area (Å²) in [6.45, 7) is 4.92. The van der Waals surface area contributed by atoms with Crippen molar-refractivity contribution in [3.8, 4) is 5.75 Å². The molecule has 33 heavy (non-hydrogen) atoms. The molecule has 0 aliphatic carbocycles. The number of nitrogens with zero attached hydrogens (tertiary/aromatic N) is 2. The molecule has 0 atom stereocenters. The maximum atomic E-state index is 12.4. The highest BCUT2D eigenvalue weighted by Crippen LogP contribution is 2.29. The van der Waals surface area contributed by atoms with Gasteiger partial charge in [0.2, 0.25) is 5.91 Å². The second kappa shape index (κ2) is 10.1. The summed E-state index contributed by atoms with van der Waals surface area (Å²) in [4.78, 5) is 26.4. The van der Waals surface area contributed by atoms with Crippen LogP contribution in [0.4, 0.5) is 0 Å². The van der Waals surface area contributed by atoms with E-state index in [0.717, 1.165) is 61.1 Å². The zero-order valence-corrected chi connectivity index (χ0v) is 19.3. The Labute approximate surface area is 194 Å². The highest BCUT2D eigenvalue weighted by atomic mass is 16.5. The minimum absolute atomic E-state index is 0.306. The van der Waals surface area contributed by atoms with E-state index in [2.05, 4.69) is 21.7 Å². The van der Waals surface area contributed by atoms with Gasteiger partial charge in [-0.05, 0) is 61.9 Å². The van der Waals surface area contributed by atoms with Crippen LogP contribution in [0.1, 0.15) is 52.1 Å². The highest BCUT2D eigenvalue weighted by molar-refractivity contribution is 5.97. The number of piperidine rings is 1. The molecule has 0 radical (unpaired) electrons. The maximum absolute atomic E-state index is 12.4. The van der Waals surface area contributed by atoms with Crippen LogP contribution in [0.3, 0.4) is 0 Å². The standard InChI is InChI=1S/C26H31N3O4/c1-3-33-26(31)22-5-4-6-24(32-2)21(22)12-15-28-13-10-20(11-14-28)29-16-9-18-7-8-19(25(27)30)17-23(18)29/h4-9,16-17,20H,3,10-15H2,1-2H3,(H2,27,30). The third kappa shape index (κ3) is 4.88. The van der Waals surface area contributed by atoms with Crippen LogP contribution in [0.2, 0.25) is 0 Å². The van der Waals surface area contributed by atoms with E-state index < -0.39 is 5.91 Å². The Morgan fingerprint density at radius 1 is 1.12 bits per heavy atom. The third-order valence-corrected chi connectivity index (χ3v) is 6.48. The van der Waals surface area contributed by atoms with Gasteiger partial charge in [-0.25, -0.2) is 4.79 Å². The number of amides is 1. The molecular weight excluding hydrogens is 418 g/mol. The molecule has 7 heteroatoms. The number of hydrogen-bond donors (Lipinski definition) is 1. The molecule has 3 aromatic rings. The van der Waals surface area contributed by atoms with Crippen LogP contribution in [-0.2, 0) is 11.2 Å². The lowest BCUT2D eigenvalue weighted by atomic mass is 10.0. The fourth-order valence-electron chi connectivity index (χ4n) is 4.73. The van der Waals surface area contributed by atoms with Crippen LogP contribution in [0.25, 0.3) is 10.9 Å². The van der Waals surface area contributed by atoms with Crippen LogP contribution in [0.5, 0.6) is 5.75 Å². The summed E-state index contributed by atoms with van der Waals surface area (Å²) < 4.78 is 13.0. The summed E-state index contributed by atoms with van der Waals surface area (Å²) in [5, 5.41) is 1.12. The molecule has 2 aromatic carbocycles. The van der Waals surface area contributed by atoms with E-state index in [1.54, 1.807) is 19.2 Å². The molecule has 0 saturated carbocycles. The Kier molecular flexibility index (Phi) is 6.99. The minimum Gasteiger partial charge on any atom is -0.496 e. The number of ether oxygens (including phenoxy) is 2. The van der Waals surface area contributed by atoms with Gasteiger partial charge in [0.05, 0.1) is 19.3 Å². The lowest BCUT2D eigenvalue weighted by Crippen LogP contribution is -2.36. The predicted octanol–water partition coefficient (Wildman–Crippen LogP) is 3.81. The Bertz CT molecular complexity index is 1150. The largest absolute Gasteiger partial charge is 0.496 e. The molecule has 1 saturated heterocycles. The molecule has 4 rings (SSSR count). The molecule has 1 aromatic heterocycles. The van der Waals surface area contributed by atoms with Crippen LogP contribution < -0.4 is 10.5 Å². The maximum Gasteiger partial charge on any atom is 0.338 e. The second-order valence-electron chi connectivity index (χ2n) is 8.39. The summed E-state index contributed by atoms with van der Waals surface area (Å²) in [7, 11) is 1.63. The van der Waals surface area contributed by atoms with Gasteiger partial charge in [0.25, 0.3) is 0 Å².